The van der Waals surface area contributed by atoms with E-state index in [1.165, 1.54) is 16.7 Å². The van der Waals surface area contributed by atoms with Crippen molar-refractivity contribution in [3.8, 4) is 5.69 Å². The molecule has 0 amide bonds. The van der Waals surface area contributed by atoms with Gasteiger partial charge in [-0.25, -0.2) is 4.39 Å². The summed E-state index contributed by atoms with van der Waals surface area (Å²) < 4.78 is 14.8. The van der Waals surface area contributed by atoms with Gasteiger partial charge in [0.15, 0.2) is 10.6 Å². The molecule has 0 unspecified atom stereocenters. The van der Waals surface area contributed by atoms with Crippen molar-refractivity contribution in [1.82, 2.24) is 14.8 Å². The average molecular weight is 225 g/mol. The number of aromatic nitrogens is 3. The van der Waals surface area contributed by atoms with E-state index in [1.54, 1.807) is 12.1 Å². The van der Waals surface area contributed by atoms with Crippen LogP contribution in [0.3, 0.4) is 0 Å². The molecule has 2 rings (SSSR count). The Morgan fingerprint density at radius 1 is 1.53 bits per heavy atom. The predicted octanol–water partition coefficient (Wildman–Crippen LogP) is 1.56. The van der Waals surface area contributed by atoms with Crippen molar-refractivity contribution < 1.29 is 9.50 Å². The van der Waals surface area contributed by atoms with Crippen molar-refractivity contribution in [3.05, 3.63) is 40.7 Å². The van der Waals surface area contributed by atoms with E-state index in [0.29, 0.717) is 16.3 Å². The van der Waals surface area contributed by atoms with Crippen LogP contribution in [-0.4, -0.2) is 19.9 Å². The fourth-order valence-electron chi connectivity index (χ4n) is 1.32. The molecule has 1 aromatic heterocycles. The Bertz CT molecular complexity index is 534. The minimum absolute atomic E-state index is 0.260. The van der Waals surface area contributed by atoms with E-state index in [2.05, 4.69) is 10.2 Å². The molecule has 2 N–H and O–H groups in total. The third-order valence-corrected chi connectivity index (χ3v) is 2.22. The van der Waals surface area contributed by atoms with E-state index in [1.807, 2.05) is 0 Å². The van der Waals surface area contributed by atoms with Crippen LogP contribution in [0.5, 0.6) is 0 Å². The molecular formula is C9H8FN3OS. The molecule has 0 fully saturated rings. The van der Waals surface area contributed by atoms with E-state index < -0.39 is 0 Å². The van der Waals surface area contributed by atoms with Crippen molar-refractivity contribution >= 4 is 12.2 Å². The summed E-state index contributed by atoms with van der Waals surface area (Å²) in [4.78, 5) is 0. The molecule has 0 radical (unpaired) electrons. The number of nitrogens with zero attached hydrogens (tertiary/aromatic N) is 2. The fraction of sp³-hybridized carbons (Fsp3) is 0.111. The summed E-state index contributed by atoms with van der Waals surface area (Å²) in [6, 6.07) is 5.92. The zero-order chi connectivity index (χ0) is 10.8. The molecule has 1 aromatic carbocycles. The van der Waals surface area contributed by atoms with Gasteiger partial charge in [-0.05, 0) is 30.4 Å². The lowest BCUT2D eigenvalue weighted by Crippen LogP contribution is -2.01. The Labute approximate surface area is 90.0 Å². The van der Waals surface area contributed by atoms with Crippen molar-refractivity contribution in [2.75, 3.05) is 0 Å². The molecule has 0 aliphatic carbocycles. The summed E-state index contributed by atoms with van der Waals surface area (Å²) in [5.74, 6) is -0.00918. The number of aliphatic hydroxyl groups is 1. The maximum absolute atomic E-state index is 13.0. The van der Waals surface area contributed by atoms with E-state index in [4.69, 9.17) is 17.3 Å². The van der Waals surface area contributed by atoms with Gasteiger partial charge in [0.05, 0.1) is 5.69 Å². The van der Waals surface area contributed by atoms with Gasteiger partial charge < -0.3 is 5.11 Å². The molecule has 2 aromatic rings. The van der Waals surface area contributed by atoms with Crippen LogP contribution >= 0.6 is 12.2 Å². The smallest absolute Gasteiger partial charge is 0.199 e. The van der Waals surface area contributed by atoms with Crippen LogP contribution in [-0.2, 0) is 6.61 Å². The number of aromatic amines is 1. The lowest BCUT2D eigenvalue weighted by Gasteiger charge is -2.04. The maximum atomic E-state index is 13.0. The quantitative estimate of drug-likeness (QED) is 0.763. The number of benzene rings is 1. The predicted molar refractivity (Wildman–Crippen MR) is 54.6 cm³/mol. The van der Waals surface area contributed by atoms with Crippen LogP contribution < -0.4 is 0 Å². The van der Waals surface area contributed by atoms with Gasteiger partial charge in [-0.15, -0.1) is 0 Å². The molecule has 0 bridgehead atoms. The van der Waals surface area contributed by atoms with Crippen molar-refractivity contribution in [1.29, 1.82) is 0 Å². The van der Waals surface area contributed by atoms with Gasteiger partial charge in [0, 0.05) is 0 Å². The van der Waals surface area contributed by atoms with Gasteiger partial charge in [-0.2, -0.15) is 5.10 Å². The monoisotopic (exact) mass is 225 g/mol. The Morgan fingerprint density at radius 2 is 2.33 bits per heavy atom. The first kappa shape index (κ1) is 10.0. The highest BCUT2D eigenvalue weighted by molar-refractivity contribution is 7.71. The Morgan fingerprint density at radius 3 is 3.00 bits per heavy atom. The molecule has 15 heavy (non-hydrogen) atoms. The molecule has 0 saturated heterocycles. The average Bonchev–Trinajstić information content (AvgIpc) is 2.59. The summed E-state index contributed by atoms with van der Waals surface area (Å²) in [5.41, 5.74) is 0.540. The third kappa shape index (κ3) is 1.81. The molecule has 4 nitrogen and oxygen atoms in total. The van der Waals surface area contributed by atoms with Crippen LogP contribution in [0, 0.1) is 10.6 Å². The van der Waals surface area contributed by atoms with Crippen molar-refractivity contribution in [2.45, 2.75) is 6.61 Å². The normalized spacial score (nSPS) is 10.5. The Hall–Kier alpha value is -1.53. The van der Waals surface area contributed by atoms with Gasteiger partial charge in [0.1, 0.15) is 12.4 Å². The lowest BCUT2D eigenvalue weighted by atomic mass is 10.3. The zero-order valence-corrected chi connectivity index (χ0v) is 8.46. The molecular weight excluding hydrogens is 217 g/mol. The number of hydrogen-bond donors (Lipinski definition) is 2. The molecule has 0 atom stereocenters. The maximum Gasteiger partial charge on any atom is 0.199 e. The number of aliphatic hydroxyl groups excluding tert-OH is 1. The summed E-state index contributed by atoms with van der Waals surface area (Å²) in [5, 5.41) is 15.4. The largest absolute Gasteiger partial charge is 0.388 e. The number of halogens is 1. The van der Waals surface area contributed by atoms with Crippen LogP contribution in [0.15, 0.2) is 24.3 Å². The topological polar surface area (TPSA) is 53.8 Å². The molecule has 78 valence electrons. The fourth-order valence-corrected chi connectivity index (χ4v) is 1.57. The second-order valence-electron chi connectivity index (χ2n) is 2.92. The second kappa shape index (κ2) is 3.92. The molecule has 0 spiro atoms. The highest BCUT2D eigenvalue weighted by atomic mass is 32.1. The lowest BCUT2D eigenvalue weighted by molar-refractivity contribution is 0.268. The standard InChI is InChI=1S/C9H8FN3OS/c10-6-2-1-3-7(4-6)13-8(5-14)11-12-9(13)15/h1-4,14H,5H2,(H,12,15). The zero-order valence-electron chi connectivity index (χ0n) is 7.64. The number of hydrogen-bond acceptors (Lipinski definition) is 3. The minimum atomic E-state index is -0.362. The molecule has 6 heteroatoms. The molecule has 0 aliphatic rings. The van der Waals surface area contributed by atoms with E-state index in [0.717, 1.165) is 0 Å². The summed E-state index contributed by atoms with van der Waals surface area (Å²) in [6.07, 6.45) is 0. The molecule has 1 heterocycles. The molecule has 0 saturated carbocycles. The van der Waals surface area contributed by atoms with Gasteiger partial charge in [-0.1, -0.05) is 6.07 Å². The highest BCUT2D eigenvalue weighted by Gasteiger charge is 2.07. The van der Waals surface area contributed by atoms with Crippen LogP contribution in [0.4, 0.5) is 4.39 Å². The van der Waals surface area contributed by atoms with Crippen molar-refractivity contribution in [3.63, 3.8) is 0 Å². The number of H-pyrrole nitrogens is 1. The first-order chi connectivity index (χ1) is 7.22. The number of rotatable bonds is 2. The first-order valence-electron chi connectivity index (χ1n) is 4.25. The SMILES string of the molecule is OCc1n[nH]c(=S)n1-c1cccc(F)c1. The van der Waals surface area contributed by atoms with Gasteiger partial charge >= 0.3 is 0 Å². The van der Waals surface area contributed by atoms with E-state index >= 15 is 0 Å². The minimum Gasteiger partial charge on any atom is -0.388 e. The highest BCUT2D eigenvalue weighted by Crippen LogP contribution is 2.12. The summed E-state index contributed by atoms with van der Waals surface area (Å²) >= 11 is 4.98. The van der Waals surface area contributed by atoms with E-state index in [-0.39, 0.29) is 12.4 Å². The Balaban J connectivity index is 2.62. The number of nitrogens with one attached hydrogen (secondary N) is 1. The van der Waals surface area contributed by atoms with Crippen LogP contribution in [0.25, 0.3) is 5.69 Å². The summed E-state index contributed by atoms with van der Waals surface area (Å²) in [6.45, 7) is -0.260. The first-order valence-corrected chi connectivity index (χ1v) is 4.66. The van der Waals surface area contributed by atoms with E-state index in [9.17, 15) is 4.39 Å². The van der Waals surface area contributed by atoms with Crippen LogP contribution in [0.2, 0.25) is 0 Å². The second-order valence-corrected chi connectivity index (χ2v) is 3.31. The van der Waals surface area contributed by atoms with Crippen molar-refractivity contribution in [2.24, 2.45) is 0 Å². The van der Waals surface area contributed by atoms with Crippen LogP contribution in [0.1, 0.15) is 5.82 Å². The summed E-state index contributed by atoms with van der Waals surface area (Å²) in [7, 11) is 0. The van der Waals surface area contributed by atoms with Gasteiger partial charge in [-0.3, -0.25) is 9.67 Å². The molecule has 0 aliphatic heterocycles. The van der Waals surface area contributed by atoms with Gasteiger partial charge in [0.25, 0.3) is 0 Å². The Kier molecular flexibility index (Phi) is 2.61. The van der Waals surface area contributed by atoms with Gasteiger partial charge in [0.2, 0.25) is 0 Å². The third-order valence-electron chi connectivity index (χ3n) is 1.95.